The van der Waals surface area contributed by atoms with Gasteiger partial charge >= 0.3 is 12.2 Å². The van der Waals surface area contributed by atoms with Gasteiger partial charge in [-0.2, -0.15) is 0 Å². The number of anilines is 1. The number of carbonyl (C=O) groups is 4. The van der Waals surface area contributed by atoms with Crippen molar-refractivity contribution in [1.82, 2.24) is 21.3 Å². The molecule has 264 valence electrons. The maximum atomic E-state index is 13.8. The van der Waals surface area contributed by atoms with Crippen LogP contribution in [0, 0.1) is 0 Å². The maximum Gasteiger partial charge on any atom is 0.408 e. The minimum absolute atomic E-state index is 0.0971. The van der Waals surface area contributed by atoms with Crippen molar-refractivity contribution in [1.29, 1.82) is 0 Å². The summed E-state index contributed by atoms with van der Waals surface area (Å²) in [5.74, 6) is -0.908. The van der Waals surface area contributed by atoms with E-state index in [1.54, 1.807) is 32.9 Å². The lowest BCUT2D eigenvalue weighted by atomic mass is 10.0. The van der Waals surface area contributed by atoms with Crippen molar-refractivity contribution < 1.29 is 28.7 Å². The third-order valence-corrected chi connectivity index (χ3v) is 8.49. The highest BCUT2D eigenvalue weighted by Crippen LogP contribution is 2.30. The molecule has 3 aromatic rings. The number of carbonyl (C=O) groups excluding carboxylic acids is 4. The second-order valence-corrected chi connectivity index (χ2v) is 14.2. The Labute approximate surface area is 304 Å². The van der Waals surface area contributed by atoms with E-state index in [2.05, 4.69) is 53.1 Å². The summed E-state index contributed by atoms with van der Waals surface area (Å²) in [7, 11) is 0. The quantitative estimate of drug-likeness (QED) is 0.0856. The fraction of sp³-hybridized carbons (Fsp3) is 0.389. The standard InChI is InChI=1S/C36H45Br2N5O6/c1-36(2,3)49-35(47)43-30(22-26-20-27(37)31(39)28(38)21-26)33(45)42-29(32(44)40-19-17-24-12-6-4-7-13-24)16-10-11-18-41-34(46)48-23-25-14-8-5-9-15-25/h4-9,12-15,20-21,29-30H,10-11,16-19,22-23,39H2,1-3H3,(H,40,44)(H,41,46)(H,42,45)(H,43,47)/t29-,30+/m0/s1. The van der Waals surface area contributed by atoms with Gasteiger partial charge in [0.1, 0.15) is 24.3 Å². The Morgan fingerprint density at radius 1 is 0.735 bits per heavy atom. The molecule has 0 saturated carbocycles. The second-order valence-electron chi connectivity index (χ2n) is 12.4. The lowest BCUT2D eigenvalue weighted by molar-refractivity contribution is -0.130. The number of nitrogen functional groups attached to an aromatic ring is 1. The van der Waals surface area contributed by atoms with E-state index in [1.165, 1.54) is 0 Å². The highest BCUT2D eigenvalue weighted by Gasteiger charge is 2.29. The zero-order valence-electron chi connectivity index (χ0n) is 28.0. The Kier molecular flexibility index (Phi) is 15.9. The van der Waals surface area contributed by atoms with Crippen molar-refractivity contribution in [3.8, 4) is 0 Å². The van der Waals surface area contributed by atoms with Crippen LogP contribution in [0.3, 0.4) is 0 Å². The molecule has 0 fully saturated rings. The van der Waals surface area contributed by atoms with Gasteiger partial charge in [-0.05, 0) is 107 Å². The summed E-state index contributed by atoms with van der Waals surface area (Å²) >= 11 is 6.86. The number of unbranched alkanes of at least 4 members (excludes halogenated alkanes) is 1. The van der Waals surface area contributed by atoms with Gasteiger partial charge in [0, 0.05) is 28.5 Å². The summed E-state index contributed by atoms with van der Waals surface area (Å²) in [5.41, 5.74) is 8.41. The van der Waals surface area contributed by atoms with E-state index in [0.717, 1.165) is 11.1 Å². The molecule has 0 radical (unpaired) electrons. The number of alkyl carbamates (subject to hydrolysis) is 2. The number of hydrogen-bond acceptors (Lipinski definition) is 7. The van der Waals surface area contributed by atoms with Crippen molar-refractivity contribution in [3.05, 3.63) is 98.4 Å². The Balaban J connectivity index is 1.66. The third kappa shape index (κ3) is 14.9. The number of amides is 4. The maximum absolute atomic E-state index is 13.8. The fourth-order valence-corrected chi connectivity index (χ4v) is 6.01. The number of rotatable bonds is 16. The first-order chi connectivity index (χ1) is 23.3. The number of ether oxygens (including phenoxy) is 2. The molecule has 0 bridgehead atoms. The van der Waals surface area contributed by atoms with Crippen molar-refractivity contribution >= 4 is 61.5 Å². The van der Waals surface area contributed by atoms with Crippen LogP contribution in [0.4, 0.5) is 15.3 Å². The minimum Gasteiger partial charge on any atom is -0.445 e. The van der Waals surface area contributed by atoms with Crippen LogP contribution in [0.15, 0.2) is 81.7 Å². The predicted octanol–water partition coefficient (Wildman–Crippen LogP) is 6.17. The molecule has 6 N–H and O–H groups in total. The number of nitrogens with two attached hydrogens (primary N) is 1. The van der Waals surface area contributed by atoms with Crippen LogP contribution in [-0.2, 0) is 38.5 Å². The zero-order chi connectivity index (χ0) is 35.8. The number of benzene rings is 3. The van der Waals surface area contributed by atoms with E-state index in [0.29, 0.717) is 59.0 Å². The van der Waals surface area contributed by atoms with E-state index in [-0.39, 0.29) is 18.9 Å². The van der Waals surface area contributed by atoms with Crippen LogP contribution >= 0.6 is 31.9 Å². The van der Waals surface area contributed by atoms with Gasteiger partial charge in [-0.1, -0.05) is 60.7 Å². The molecule has 4 amide bonds. The number of nitrogens with one attached hydrogen (secondary N) is 4. The number of hydrogen-bond donors (Lipinski definition) is 5. The SMILES string of the molecule is CC(C)(C)OC(=O)N[C@H](Cc1cc(Br)c(N)c(Br)c1)C(=O)N[C@@H](CCCCNC(=O)OCc1ccccc1)C(=O)NCCc1ccccc1. The molecule has 2 atom stereocenters. The molecule has 3 aromatic carbocycles. The van der Waals surface area contributed by atoms with Crippen molar-refractivity contribution in [3.63, 3.8) is 0 Å². The first-order valence-electron chi connectivity index (χ1n) is 16.1. The van der Waals surface area contributed by atoms with Gasteiger partial charge in [-0.3, -0.25) is 9.59 Å². The summed E-state index contributed by atoms with van der Waals surface area (Å²) < 4.78 is 11.9. The minimum atomic E-state index is -1.07. The number of halogens is 2. The molecule has 0 unspecified atom stereocenters. The molecule has 0 aliphatic heterocycles. The van der Waals surface area contributed by atoms with Crippen LogP contribution in [-0.4, -0.2) is 54.8 Å². The monoisotopic (exact) mass is 801 g/mol. The molecule has 0 aliphatic carbocycles. The first-order valence-corrected chi connectivity index (χ1v) is 17.7. The molecule has 0 aromatic heterocycles. The topological polar surface area (TPSA) is 161 Å². The molecular formula is C36H45Br2N5O6. The Bertz CT molecular complexity index is 1510. The molecule has 11 nitrogen and oxygen atoms in total. The van der Waals surface area contributed by atoms with Gasteiger partial charge in [-0.15, -0.1) is 0 Å². The van der Waals surface area contributed by atoms with Crippen LogP contribution in [0.5, 0.6) is 0 Å². The lowest BCUT2D eigenvalue weighted by Gasteiger charge is -2.25. The van der Waals surface area contributed by atoms with Gasteiger partial charge < -0.3 is 36.5 Å². The highest BCUT2D eigenvalue weighted by molar-refractivity contribution is 9.11. The fourth-order valence-electron chi connectivity index (χ4n) is 4.73. The van der Waals surface area contributed by atoms with Gasteiger partial charge in [0.15, 0.2) is 0 Å². The molecule has 0 aliphatic rings. The largest absolute Gasteiger partial charge is 0.445 e. The Hall–Kier alpha value is -4.10. The van der Waals surface area contributed by atoms with Gasteiger partial charge in [0.2, 0.25) is 11.8 Å². The Morgan fingerprint density at radius 3 is 1.96 bits per heavy atom. The molecule has 13 heteroatoms. The predicted molar refractivity (Wildman–Crippen MR) is 197 cm³/mol. The molecular weight excluding hydrogens is 758 g/mol. The summed E-state index contributed by atoms with van der Waals surface area (Å²) in [6.07, 6.45) is 0.753. The smallest absolute Gasteiger partial charge is 0.408 e. The summed E-state index contributed by atoms with van der Waals surface area (Å²) in [6.45, 7) is 6.04. The lowest BCUT2D eigenvalue weighted by Crippen LogP contribution is -2.55. The van der Waals surface area contributed by atoms with E-state index in [1.807, 2.05) is 60.7 Å². The van der Waals surface area contributed by atoms with E-state index < -0.39 is 35.8 Å². The van der Waals surface area contributed by atoms with Crippen molar-refractivity contribution in [2.75, 3.05) is 18.8 Å². The molecule has 0 spiro atoms. The molecule has 0 saturated heterocycles. The average molecular weight is 804 g/mol. The van der Waals surface area contributed by atoms with Gasteiger partial charge in [0.25, 0.3) is 0 Å². The van der Waals surface area contributed by atoms with E-state index in [4.69, 9.17) is 15.2 Å². The van der Waals surface area contributed by atoms with E-state index in [9.17, 15) is 19.2 Å². The third-order valence-electron chi connectivity index (χ3n) is 7.18. The second kappa shape index (κ2) is 19.8. The van der Waals surface area contributed by atoms with Crippen molar-refractivity contribution in [2.24, 2.45) is 0 Å². The molecule has 49 heavy (non-hydrogen) atoms. The average Bonchev–Trinajstić information content (AvgIpc) is 3.05. The van der Waals surface area contributed by atoms with Gasteiger partial charge in [-0.25, -0.2) is 9.59 Å². The van der Waals surface area contributed by atoms with Crippen LogP contribution in [0.25, 0.3) is 0 Å². The zero-order valence-corrected chi connectivity index (χ0v) is 31.2. The summed E-state index contributed by atoms with van der Waals surface area (Å²) in [6, 6.07) is 20.7. The first kappa shape index (κ1) is 39.3. The van der Waals surface area contributed by atoms with Crippen LogP contribution in [0.1, 0.15) is 56.7 Å². The van der Waals surface area contributed by atoms with Crippen molar-refractivity contribution in [2.45, 2.75) is 77.2 Å². The summed E-state index contributed by atoms with van der Waals surface area (Å²) in [4.78, 5) is 52.2. The molecule has 0 heterocycles. The Morgan fingerprint density at radius 2 is 1.35 bits per heavy atom. The van der Waals surface area contributed by atoms with Crippen LogP contribution < -0.4 is 27.0 Å². The van der Waals surface area contributed by atoms with E-state index >= 15 is 0 Å². The van der Waals surface area contributed by atoms with Gasteiger partial charge in [0.05, 0.1) is 5.69 Å². The highest BCUT2D eigenvalue weighted by atomic mass is 79.9. The summed E-state index contributed by atoms with van der Waals surface area (Å²) in [5, 5.41) is 11.2. The van der Waals surface area contributed by atoms with Crippen LogP contribution in [0.2, 0.25) is 0 Å². The molecule has 3 rings (SSSR count). The normalized spacial score (nSPS) is 12.3.